The molecule has 0 bridgehead atoms. The maximum absolute atomic E-state index is 13.9. The van der Waals surface area contributed by atoms with E-state index in [-0.39, 0.29) is 18.0 Å². The van der Waals surface area contributed by atoms with Crippen LogP contribution in [0, 0.1) is 5.82 Å². The van der Waals surface area contributed by atoms with Gasteiger partial charge in [-0.25, -0.2) is 4.39 Å². The minimum absolute atomic E-state index is 0.181. The van der Waals surface area contributed by atoms with Crippen molar-refractivity contribution in [3.8, 4) is 0 Å². The molecule has 0 aromatic heterocycles. The van der Waals surface area contributed by atoms with Crippen molar-refractivity contribution in [1.29, 1.82) is 0 Å². The standard InChI is InChI=1S/C17H26FNO2/c1-3-19-11-13-7-8-17(18)14(9-13)12-21-16-6-4-5-15(10-16)20-2/h7-9,15-16,19H,3-6,10-12H2,1-2H3. The highest BCUT2D eigenvalue weighted by Gasteiger charge is 2.22. The van der Waals surface area contributed by atoms with Crippen molar-refractivity contribution < 1.29 is 13.9 Å². The Bertz CT molecular complexity index is 439. The monoisotopic (exact) mass is 295 g/mol. The van der Waals surface area contributed by atoms with Crippen molar-refractivity contribution >= 4 is 0 Å². The van der Waals surface area contributed by atoms with E-state index in [9.17, 15) is 4.39 Å². The Balaban J connectivity index is 1.89. The minimum atomic E-state index is -0.186. The highest BCUT2D eigenvalue weighted by molar-refractivity contribution is 5.24. The van der Waals surface area contributed by atoms with Crippen LogP contribution in [0.2, 0.25) is 0 Å². The van der Waals surface area contributed by atoms with Crippen LogP contribution in [-0.4, -0.2) is 25.9 Å². The quantitative estimate of drug-likeness (QED) is 0.836. The second-order valence-electron chi connectivity index (χ2n) is 5.66. The Morgan fingerprint density at radius 2 is 2.10 bits per heavy atom. The first-order valence-corrected chi connectivity index (χ1v) is 7.85. The van der Waals surface area contributed by atoms with E-state index in [2.05, 4.69) is 12.2 Å². The van der Waals surface area contributed by atoms with Crippen molar-refractivity contribution in [3.05, 3.63) is 35.1 Å². The van der Waals surface area contributed by atoms with Crippen LogP contribution in [0.15, 0.2) is 18.2 Å². The van der Waals surface area contributed by atoms with E-state index in [0.717, 1.165) is 44.3 Å². The number of hydrogen-bond acceptors (Lipinski definition) is 3. The van der Waals surface area contributed by atoms with E-state index in [0.29, 0.717) is 12.2 Å². The summed E-state index contributed by atoms with van der Waals surface area (Å²) in [5, 5.41) is 3.25. The summed E-state index contributed by atoms with van der Waals surface area (Å²) in [7, 11) is 1.75. The molecule has 1 aliphatic rings. The predicted molar refractivity (Wildman–Crippen MR) is 81.6 cm³/mol. The summed E-state index contributed by atoms with van der Waals surface area (Å²) in [6.45, 7) is 4.07. The zero-order valence-electron chi connectivity index (χ0n) is 13.0. The second kappa shape index (κ2) is 8.47. The fourth-order valence-electron chi connectivity index (χ4n) is 2.79. The normalized spacial score (nSPS) is 22.4. The van der Waals surface area contributed by atoms with Crippen LogP contribution < -0.4 is 5.32 Å². The number of halogens is 1. The van der Waals surface area contributed by atoms with Crippen LogP contribution in [0.1, 0.15) is 43.7 Å². The molecule has 1 saturated carbocycles. The summed E-state index contributed by atoms with van der Waals surface area (Å²) in [4.78, 5) is 0. The SMILES string of the molecule is CCNCc1ccc(F)c(COC2CCCC(OC)C2)c1. The van der Waals surface area contributed by atoms with E-state index in [1.807, 2.05) is 12.1 Å². The largest absolute Gasteiger partial charge is 0.381 e. The maximum Gasteiger partial charge on any atom is 0.128 e. The van der Waals surface area contributed by atoms with Gasteiger partial charge in [-0.1, -0.05) is 13.0 Å². The van der Waals surface area contributed by atoms with E-state index in [4.69, 9.17) is 9.47 Å². The maximum atomic E-state index is 13.9. The summed E-state index contributed by atoms with van der Waals surface area (Å²) < 4.78 is 25.2. The Hall–Kier alpha value is -0.970. The number of methoxy groups -OCH3 is 1. The molecule has 1 aromatic rings. The number of nitrogens with one attached hydrogen (secondary N) is 1. The molecule has 1 fully saturated rings. The van der Waals surface area contributed by atoms with Gasteiger partial charge in [-0.3, -0.25) is 0 Å². The molecule has 21 heavy (non-hydrogen) atoms. The number of ether oxygens (including phenoxy) is 2. The van der Waals surface area contributed by atoms with Gasteiger partial charge < -0.3 is 14.8 Å². The van der Waals surface area contributed by atoms with Crippen molar-refractivity contribution in [3.63, 3.8) is 0 Å². The lowest BCUT2D eigenvalue weighted by atomic mass is 9.95. The second-order valence-corrected chi connectivity index (χ2v) is 5.66. The fraction of sp³-hybridized carbons (Fsp3) is 0.647. The van der Waals surface area contributed by atoms with Gasteiger partial charge in [-0.05, 0) is 49.9 Å². The van der Waals surface area contributed by atoms with E-state index in [1.54, 1.807) is 7.11 Å². The van der Waals surface area contributed by atoms with Gasteiger partial charge in [0.05, 0.1) is 18.8 Å². The van der Waals surface area contributed by atoms with Gasteiger partial charge in [0, 0.05) is 19.2 Å². The third-order valence-electron chi connectivity index (χ3n) is 4.08. The average Bonchev–Trinajstić information content (AvgIpc) is 2.53. The molecule has 0 aliphatic heterocycles. The molecule has 0 heterocycles. The molecule has 0 saturated heterocycles. The van der Waals surface area contributed by atoms with Gasteiger partial charge >= 0.3 is 0 Å². The lowest BCUT2D eigenvalue weighted by molar-refractivity contribution is -0.0369. The molecule has 1 N–H and O–H groups in total. The van der Waals surface area contributed by atoms with Crippen LogP contribution in [-0.2, 0) is 22.6 Å². The summed E-state index contributed by atoms with van der Waals surface area (Å²) in [5.74, 6) is -0.186. The molecule has 2 rings (SSSR count). The van der Waals surface area contributed by atoms with Crippen molar-refractivity contribution in [1.82, 2.24) is 5.32 Å². The first-order chi connectivity index (χ1) is 10.2. The molecule has 0 amide bonds. The summed E-state index contributed by atoms with van der Waals surface area (Å²) in [6, 6.07) is 5.25. The zero-order valence-corrected chi connectivity index (χ0v) is 13.0. The molecule has 2 atom stereocenters. The summed E-state index contributed by atoms with van der Waals surface area (Å²) in [6.07, 6.45) is 4.64. The fourth-order valence-corrected chi connectivity index (χ4v) is 2.79. The van der Waals surface area contributed by atoms with Crippen LogP contribution >= 0.6 is 0 Å². The smallest absolute Gasteiger partial charge is 0.128 e. The highest BCUT2D eigenvalue weighted by Crippen LogP contribution is 2.24. The predicted octanol–water partition coefficient (Wildman–Crippen LogP) is 3.41. The molecule has 1 aromatic carbocycles. The van der Waals surface area contributed by atoms with Crippen molar-refractivity contribution in [2.75, 3.05) is 13.7 Å². The molecule has 2 unspecified atom stereocenters. The third-order valence-corrected chi connectivity index (χ3v) is 4.08. The number of rotatable bonds is 7. The highest BCUT2D eigenvalue weighted by atomic mass is 19.1. The Morgan fingerprint density at radius 3 is 2.86 bits per heavy atom. The van der Waals surface area contributed by atoms with Gasteiger partial charge in [-0.15, -0.1) is 0 Å². The van der Waals surface area contributed by atoms with Gasteiger partial charge in [-0.2, -0.15) is 0 Å². The minimum Gasteiger partial charge on any atom is -0.381 e. The summed E-state index contributed by atoms with van der Waals surface area (Å²) in [5.41, 5.74) is 1.74. The van der Waals surface area contributed by atoms with E-state index in [1.165, 1.54) is 6.07 Å². The van der Waals surface area contributed by atoms with Gasteiger partial charge in [0.15, 0.2) is 0 Å². The first kappa shape index (κ1) is 16.4. The molecular formula is C17H26FNO2. The third kappa shape index (κ3) is 5.06. The van der Waals surface area contributed by atoms with Crippen LogP contribution in [0.5, 0.6) is 0 Å². The van der Waals surface area contributed by atoms with Gasteiger partial charge in [0.2, 0.25) is 0 Å². The number of hydrogen-bond donors (Lipinski definition) is 1. The van der Waals surface area contributed by atoms with Crippen LogP contribution in [0.25, 0.3) is 0 Å². The average molecular weight is 295 g/mol. The van der Waals surface area contributed by atoms with Crippen LogP contribution in [0.4, 0.5) is 4.39 Å². The van der Waals surface area contributed by atoms with Gasteiger partial charge in [0.25, 0.3) is 0 Å². The van der Waals surface area contributed by atoms with Crippen molar-refractivity contribution in [2.24, 2.45) is 0 Å². The Labute approximate surface area is 126 Å². The zero-order chi connectivity index (χ0) is 15.1. The molecule has 0 spiro atoms. The number of benzene rings is 1. The molecule has 3 nitrogen and oxygen atoms in total. The molecule has 118 valence electrons. The molecule has 1 aliphatic carbocycles. The van der Waals surface area contributed by atoms with E-state index < -0.39 is 0 Å². The Kier molecular flexibility index (Phi) is 6.61. The topological polar surface area (TPSA) is 30.5 Å². The van der Waals surface area contributed by atoms with Crippen molar-refractivity contribution in [2.45, 2.75) is 58.0 Å². The molecule has 4 heteroatoms. The van der Waals surface area contributed by atoms with E-state index >= 15 is 0 Å². The lowest BCUT2D eigenvalue weighted by Gasteiger charge is -2.28. The molecule has 0 radical (unpaired) electrons. The summed E-state index contributed by atoms with van der Waals surface area (Å²) >= 11 is 0. The Morgan fingerprint density at radius 1 is 1.29 bits per heavy atom. The first-order valence-electron chi connectivity index (χ1n) is 7.85. The lowest BCUT2D eigenvalue weighted by Crippen LogP contribution is -2.27. The molecular weight excluding hydrogens is 269 g/mol. The van der Waals surface area contributed by atoms with Crippen LogP contribution in [0.3, 0.4) is 0 Å². The van der Waals surface area contributed by atoms with Gasteiger partial charge in [0.1, 0.15) is 5.82 Å².